The number of aromatic nitrogens is 1. The van der Waals surface area contributed by atoms with Crippen LogP contribution in [0.3, 0.4) is 0 Å². The first-order valence-electron chi connectivity index (χ1n) is 6.11. The van der Waals surface area contributed by atoms with Gasteiger partial charge in [-0.25, -0.2) is 4.39 Å². The fourth-order valence-corrected chi connectivity index (χ4v) is 2.44. The highest BCUT2D eigenvalue weighted by Crippen LogP contribution is 2.29. The minimum Gasteiger partial charge on any atom is -0.409 e. The molecule has 0 radical (unpaired) electrons. The lowest BCUT2D eigenvalue weighted by molar-refractivity contribution is 0.318. The number of hydrogen-bond donors (Lipinski definition) is 2. The van der Waals surface area contributed by atoms with Crippen molar-refractivity contribution in [2.75, 3.05) is 11.9 Å². The second-order valence-corrected chi connectivity index (χ2v) is 5.22. The Bertz CT molecular complexity index is 664. The van der Waals surface area contributed by atoms with Crippen LogP contribution in [0.2, 0.25) is 0 Å². The SMILES string of the molecule is CN(Cc1ccccn1)c1ccc(/C(N)=N/O)c(Br)c1F. The van der Waals surface area contributed by atoms with E-state index in [1.807, 2.05) is 18.2 Å². The number of amidine groups is 1. The van der Waals surface area contributed by atoms with Crippen molar-refractivity contribution in [2.45, 2.75) is 6.54 Å². The van der Waals surface area contributed by atoms with Crippen LogP contribution in [0.4, 0.5) is 10.1 Å². The zero-order valence-corrected chi connectivity index (χ0v) is 12.9. The number of benzene rings is 1. The third-order valence-corrected chi connectivity index (χ3v) is 3.76. The Morgan fingerprint density at radius 3 is 2.81 bits per heavy atom. The van der Waals surface area contributed by atoms with Gasteiger partial charge in [0.1, 0.15) is 0 Å². The molecule has 0 fully saturated rings. The van der Waals surface area contributed by atoms with Crippen LogP contribution < -0.4 is 10.6 Å². The van der Waals surface area contributed by atoms with E-state index in [0.717, 1.165) is 5.69 Å². The van der Waals surface area contributed by atoms with Crippen LogP contribution >= 0.6 is 15.9 Å². The molecule has 1 aromatic carbocycles. The van der Waals surface area contributed by atoms with Gasteiger partial charge in [-0.05, 0) is 40.2 Å². The van der Waals surface area contributed by atoms with Crippen LogP contribution in [0.1, 0.15) is 11.3 Å². The van der Waals surface area contributed by atoms with Crippen molar-refractivity contribution >= 4 is 27.5 Å². The van der Waals surface area contributed by atoms with Crippen molar-refractivity contribution in [1.29, 1.82) is 0 Å². The summed E-state index contributed by atoms with van der Waals surface area (Å²) in [7, 11) is 1.77. The molecule has 110 valence electrons. The minimum absolute atomic E-state index is 0.153. The van der Waals surface area contributed by atoms with Crippen molar-refractivity contribution < 1.29 is 9.60 Å². The van der Waals surface area contributed by atoms with Crippen LogP contribution in [-0.4, -0.2) is 23.1 Å². The predicted molar refractivity (Wildman–Crippen MR) is 83.0 cm³/mol. The van der Waals surface area contributed by atoms with Crippen LogP contribution in [0.25, 0.3) is 0 Å². The molecule has 0 amide bonds. The molecule has 0 saturated carbocycles. The lowest BCUT2D eigenvalue weighted by Crippen LogP contribution is -2.20. The first kappa shape index (κ1) is 15.2. The Morgan fingerprint density at radius 1 is 1.43 bits per heavy atom. The Morgan fingerprint density at radius 2 is 2.19 bits per heavy atom. The van der Waals surface area contributed by atoms with Gasteiger partial charge in [0.2, 0.25) is 0 Å². The van der Waals surface area contributed by atoms with Gasteiger partial charge in [0, 0.05) is 18.8 Å². The maximum Gasteiger partial charge on any atom is 0.171 e. The van der Waals surface area contributed by atoms with E-state index >= 15 is 0 Å². The number of nitrogens with zero attached hydrogens (tertiary/aromatic N) is 3. The zero-order chi connectivity index (χ0) is 15.4. The zero-order valence-electron chi connectivity index (χ0n) is 11.3. The summed E-state index contributed by atoms with van der Waals surface area (Å²) >= 11 is 3.14. The Hall–Kier alpha value is -2.15. The molecule has 2 aromatic rings. The van der Waals surface area contributed by atoms with E-state index in [4.69, 9.17) is 10.9 Å². The summed E-state index contributed by atoms with van der Waals surface area (Å²) in [6.07, 6.45) is 1.69. The van der Waals surface area contributed by atoms with Gasteiger partial charge in [-0.2, -0.15) is 0 Å². The first-order valence-corrected chi connectivity index (χ1v) is 6.91. The van der Waals surface area contributed by atoms with Gasteiger partial charge in [-0.1, -0.05) is 11.2 Å². The molecule has 0 aliphatic heterocycles. The third-order valence-electron chi connectivity index (χ3n) is 2.98. The molecule has 0 spiro atoms. The Balaban J connectivity index is 2.30. The predicted octanol–water partition coefficient (Wildman–Crippen LogP) is 2.71. The van der Waals surface area contributed by atoms with Gasteiger partial charge >= 0.3 is 0 Å². The Labute approximate surface area is 130 Å². The molecular weight excluding hydrogens is 339 g/mol. The highest BCUT2D eigenvalue weighted by Gasteiger charge is 2.16. The average molecular weight is 353 g/mol. The van der Waals surface area contributed by atoms with Gasteiger partial charge in [-0.15, -0.1) is 0 Å². The molecule has 7 heteroatoms. The number of anilines is 1. The normalized spacial score (nSPS) is 11.5. The quantitative estimate of drug-likeness (QED) is 0.384. The highest BCUT2D eigenvalue weighted by molar-refractivity contribution is 9.10. The molecule has 0 bridgehead atoms. The number of rotatable bonds is 4. The van der Waals surface area contributed by atoms with Gasteiger partial charge in [0.25, 0.3) is 0 Å². The highest BCUT2D eigenvalue weighted by atomic mass is 79.9. The molecule has 1 aromatic heterocycles. The second kappa shape index (κ2) is 6.53. The topological polar surface area (TPSA) is 74.7 Å². The number of halogens is 2. The van der Waals surface area contributed by atoms with Crippen molar-refractivity contribution in [2.24, 2.45) is 10.9 Å². The Kier molecular flexibility index (Phi) is 4.74. The number of hydrogen-bond acceptors (Lipinski definition) is 4. The fourth-order valence-electron chi connectivity index (χ4n) is 1.91. The molecule has 0 atom stereocenters. The fraction of sp³-hybridized carbons (Fsp3) is 0.143. The summed E-state index contributed by atoms with van der Waals surface area (Å²) in [4.78, 5) is 5.94. The monoisotopic (exact) mass is 352 g/mol. The third kappa shape index (κ3) is 3.30. The smallest absolute Gasteiger partial charge is 0.171 e. The molecule has 21 heavy (non-hydrogen) atoms. The average Bonchev–Trinajstić information content (AvgIpc) is 2.50. The van der Waals surface area contributed by atoms with E-state index in [1.165, 1.54) is 0 Å². The molecule has 3 N–H and O–H groups in total. The molecule has 5 nitrogen and oxygen atoms in total. The number of nitrogens with two attached hydrogens (primary N) is 1. The first-order chi connectivity index (χ1) is 10.0. The van der Waals surface area contributed by atoms with E-state index in [2.05, 4.69) is 26.1 Å². The molecule has 1 heterocycles. The standard InChI is InChI=1S/C14H14BrFN4O/c1-20(8-9-4-2-3-7-18-9)11-6-5-10(14(17)19-21)12(15)13(11)16/h2-7,21H,8H2,1H3,(H2,17,19). The molecule has 0 aliphatic rings. The maximum absolute atomic E-state index is 14.4. The summed E-state index contributed by atoms with van der Waals surface area (Å²) in [6, 6.07) is 8.74. The van der Waals surface area contributed by atoms with E-state index in [1.54, 1.807) is 30.3 Å². The van der Waals surface area contributed by atoms with Crippen molar-refractivity contribution in [3.05, 3.63) is 58.1 Å². The molecule has 2 rings (SSSR count). The van der Waals surface area contributed by atoms with Crippen LogP contribution in [0.5, 0.6) is 0 Å². The minimum atomic E-state index is -0.475. The van der Waals surface area contributed by atoms with Crippen LogP contribution in [0.15, 0.2) is 46.2 Å². The van der Waals surface area contributed by atoms with E-state index in [0.29, 0.717) is 17.8 Å². The molecule has 0 unspecified atom stereocenters. The van der Waals surface area contributed by atoms with Crippen LogP contribution in [0, 0.1) is 5.82 Å². The molecule has 0 saturated heterocycles. The van der Waals surface area contributed by atoms with Crippen molar-refractivity contribution in [3.63, 3.8) is 0 Å². The van der Waals surface area contributed by atoms with Gasteiger partial charge in [-0.3, -0.25) is 4.98 Å². The largest absolute Gasteiger partial charge is 0.409 e. The number of oxime groups is 1. The maximum atomic E-state index is 14.4. The summed E-state index contributed by atoms with van der Waals surface area (Å²) in [5, 5.41) is 11.6. The van der Waals surface area contributed by atoms with Crippen molar-refractivity contribution in [3.8, 4) is 0 Å². The lowest BCUT2D eigenvalue weighted by atomic mass is 10.1. The molecule has 0 aliphatic carbocycles. The van der Waals surface area contributed by atoms with Crippen LogP contribution in [-0.2, 0) is 6.54 Å². The summed E-state index contributed by atoms with van der Waals surface area (Å²) in [6.45, 7) is 0.465. The van der Waals surface area contributed by atoms with E-state index in [-0.39, 0.29) is 10.3 Å². The van der Waals surface area contributed by atoms with Gasteiger partial charge < -0.3 is 15.8 Å². The van der Waals surface area contributed by atoms with Gasteiger partial charge in [0.05, 0.1) is 22.4 Å². The summed E-state index contributed by atoms with van der Waals surface area (Å²) in [5.41, 5.74) is 7.01. The summed E-state index contributed by atoms with van der Waals surface area (Å²) in [5.74, 6) is -0.628. The molecular formula is C14H14BrFN4O. The second-order valence-electron chi connectivity index (χ2n) is 4.42. The lowest BCUT2D eigenvalue weighted by Gasteiger charge is -2.20. The number of pyridine rings is 1. The van der Waals surface area contributed by atoms with Gasteiger partial charge in [0.15, 0.2) is 11.7 Å². The van der Waals surface area contributed by atoms with E-state index in [9.17, 15) is 4.39 Å². The van der Waals surface area contributed by atoms with Crippen molar-refractivity contribution in [1.82, 2.24) is 4.98 Å². The van der Waals surface area contributed by atoms with E-state index < -0.39 is 5.82 Å². The summed E-state index contributed by atoms with van der Waals surface area (Å²) < 4.78 is 14.6.